The maximum Gasteiger partial charge on any atom is 0.224 e. The summed E-state index contributed by atoms with van der Waals surface area (Å²) < 4.78 is 1.02. The number of benzene rings is 1. The van der Waals surface area contributed by atoms with Crippen molar-refractivity contribution in [3.8, 4) is 12.3 Å². The smallest absolute Gasteiger partial charge is 0.224 e. The number of halogens is 1. The first-order valence-corrected chi connectivity index (χ1v) is 5.20. The lowest BCUT2D eigenvalue weighted by Gasteiger charge is -2.19. The number of hydrogen-bond donors (Lipinski definition) is 0. The summed E-state index contributed by atoms with van der Waals surface area (Å²) in [6.45, 7) is 1.83. The van der Waals surface area contributed by atoms with Crippen molar-refractivity contribution in [3.63, 3.8) is 0 Å². The van der Waals surface area contributed by atoms with Crippen molar-refractivity contribution in [2.45, 2.75) is 6.92 Å². The molecule has 1 rings (SSSR count). The van der Waals surface area contributed by atoms with Crippen LogP contribution in [0.5, 0.6) is 0 Å². The summed E-state index contributed by atoms with van der Waals surface area (Å²) in [7, 11) is 0. The molecule has 1 amide bonds. The normalized spacial score (nSPS) is 9.21. The average Bonchev–Trinajstić information content (AvgIpc) is 2.15. The van der Waals surface area contributed by atoms with E-state index in [1.54, 1.807) is 4.90 Å². The van der Waals surface area contributed by atoms with Gasteiger partial charge in [0.1, 0.15) is 0 Å². The second-order valence-corrected chi connectivity index (χ2v) is 3.92. The molecule has 0 atom stereocenters. The van der Waals surface area contributed by atoms with Gasteiger partial charge in [0.2, 0.25) is 5.91 Å². The van der Waals surface area contributed by atoms with Crippen molar-refractivity contribution in [3.05, 3.63) is 27.8 Å². The lowest BCUT2D eigenvalue weighted by molar-refractivity contribution is -0.116. The molecule has 0 aliphatic heterocycles. The van der Waals surface area contributed by atoms with Crippen LogP contribution in [0.2, 0.25) is 0 Å². The van der Waals surface area contributed by atoms with Gasteiger partial charge in [-0.15, -0.1) is 6.42 Å². The lowest BCUT2D eigenvalue weighted by Crippen LogP contribution is -2.29. The summed E-state index contributed by atoms with van der Waals surface area (Å²) in [4.78, 5) is 12.9. The van der Waals surface area contributed by atoms with Crippen molar-refractivity contribution in [1.82, 2.24) is 0 Å². The number of amides is 1. The van der Waals surface area contributed by atoms with E-state index in [9.17, 15) is 4.79 Å². The van der Waals surface area contributed by atoms with Crippen LogP contribution in [0.3, 0.4) is 0 Å². The fourth-order valence-corrected chi connectivity index (χ4v) is 1.81. The van der Waals surface area contributed by atoms with Gasteiger partial charge in [-0.05, 0) is 34.7 Å². The molecular formula is C11H10INO. The molecule has 0 saturated heterocycles. The molecule has 1 aromatic rings. The van der Waals surface area contributed by atoms with Crippen LogP contribution in [0.4, 0.5) is 5.69 Å². The van der Waals surface area contributed by atoms with E-state index < -0.39 is 0 Å². The Labute approximate surface area is 97.4 Å². The summed E-state index contributed by atoms with van der Waals surface area (Å²) in [5.74, 6) is 2.44. The first-order chi connectivity index (χ1) is 6.66. The number of para-hydroxylation sites is 1. The molecule has 0 spiro atoms. The molecule has 0 unspecified atom stereocenters. The van der Waals surface area contributed by atoms with Crippen LogP contribution in [0.15, 0.2) is 24.3 Å². The molecule has 0 heterocycles. The van der Waals surface area contributed by atoms with Crippen LogP contribution in [0.25, 0.3) is 0 Å². The van der Waals surface area contributed by atoms with Gasteiger partial charge in [0.25, 0.3) is 0 Å². The van der Waals surface area contributed by atoms with Crippen LogP contribution in [-0.2, 0) is 4.79 Å². The minimum Gasteiger partial charge on any atom is -0.300 e. The van der Waals surface area contributed by atoms with Gasteiger partial charge in [0.15, 0.2) is 0 Å². The Bertz CT molecular complexity index is 381. The monoisotopic (exact) mass is 299 g/mol. The molecule has 14 heavy (non-hydrogen) atoms. The van der Waals surface area contributed by atoms with Crippen molar-refractivity contribution in [2.24, 2.45) is 0 Å². The van der Waals surface area contributed by atoms with Gasteiger partial charge >= 0.3 is 0 Å². The molecule has 0 aliphatic rings. The van der Waals surface area contributed by atoms with E-state index in [1.807, 2.05) is 24.3 Å². The predicted molar refractivity (Wildman–Crippen MR) is 66.0 cm³/mol. The third-order valence-corrected chi connectivity index (χ3v) is 2.68. The minimum atomic E-state index is -0.0351. The Balaban J connectivity index is 3.06. The van der Waals surface area contributed by atoms with Crippen LogP contribution in [0.1, 0.15) is 6.92 Å². The Kier molecular flexibility index (Phi) is 3.96. The van der Waals surface area contributed by atoms with Crippen molar-refractivity contribution in [2.75, 3.05) is 11.4 Å². The summed E-state index contributed by atoms with van der Waals surface area (Å²) >= 11 is 2.19. The second kappa shape index (κ2) is 5.01. The fourth-order valence-electron chi connectivity index (χ4n) is 1.13. The fraction of sp³-hybridized carbons (Fsp3) is 0.182. The molecule has 0 bridgehead atoms. The summed E-state index contributed by atoms with van der Waals surface area (Å²) in [5, 5.41) is 0. The minimum absolute atomic E-state index is 0.0351. The number of nitrogens with zero attached hydrogens (tertiary/aromatic N) is 1. The van der Waals surface area contributed by atoms with Gasteiger partial charge in [-0.3, -0.25) is 9.69 Å². The van der Waals surface area contributed by atoms with Gasteiger partial charge < -0.3 is 0 Å². The van der Waals surface area contributed by atoms with E-state index in [0.29, 0.717) is 6.54 Å². The maximum absolute atomic E-state index is 11.3. The van der Waals surface area contributed by atoms with Crippen molar-refractivity contribution >= 4 is 34.2 Å². The van der Waals surface area contributed by atoms with Gasteiger partial charge in [-0.1, -0.05) is 18.1 Å². The number of terminal acetylenes is 1. The van der Waals surface area contributed by atoms with Gasteiger partial charge in [0, 0.05) is 10.5 Å². The van der Waals surface area contributed by atoms with E-state index in [1.165, 1.54) is 6.92 Å². The predicted octanol–water partition coefficient (Wildman–Crippen LogP) is 2.28. The number of hydrogen-bond acceptors (Lipinski definition) is 1. The number of rotatable bonds is 2. The molecular weight excluding hydrogens is 289 g/mol. The standard InChI is InChI=1S/C11H10INO/c1-3-8-13(9(2)14)11-7-5-4-6-10(11)12/h1,4-7H,8H2,2H3. The Morgan fingerprint density at radius 1 is 1.57 bits per heavy atom. The molecule has 72 valence electrons. The maximum atomic E-state index is 11.3. The quantitative estimate of drug-likeness (QED) is 0.606. The van der Waals surface area contributed by atoms with Crippen molar-refractivity contribution in [1.29, 1.82) is 0 Å². The van der Waals surface area contributed by atoms with E-state index in [4.69, 9.17) is 6.42 Å². The zero-order chi connectivity index (χ0) is 10.6. The van der Waals surface area contributed by atoms with Gasteiger partial charge in [0.05, 0.1) is 12.2 Å². The third kappa shape index (κ3) is 2.48. The Morgan fingerprint density at radius 2 is 2.21 bits per heavy atom. The van der Waals surface area contributed by atoms with E-state index in [-0.39, 0.29) is 5.91 Å². The molecule has 0 radical (unpaired) electrons. The SMILES string of the molecule is C#CCN(C(C)=O)c1ccccc1I. The number of carbonyl (C=O) groups is 1. The van der Waals surface area contributed by atoms with E-state index in [2.05, 4.69) is 28.5 Å². The highest BCUT2D eigenvalue weighted by molar-refractivity contribution is 14.1. The molecule has 0 saturated carbocycles. The van der Waals surface area contributed by atoms with Crippen LogP contribution < -0.4 is 4.90 Å². The summed E-state index contributed by atoms with van der Waals surface area (Å²) in [5.41, 5.74) is 0.874. The third-order valence-electron chi connectivity index (χ3n) is 1.77. The van der Waals surface area contributed by atoms with Gasteiger partial charge in [-0.2, -0.15) is 0 Å². The van der Waals surface area contributed by atoms with Crippen LogP contribution in [-0.4, -0.2) is 12.5 Å². The lowest BCUT2D eigenvalue weighted by atomic mass is 10.3. The summed E-state index contributed by atoms with van der Waals surface area (Å²) in [6, 6.07) is 7.66. The largest absolute Gasteiger partial charge is 0.300 e. The highest BCUT2D eigenvalue weighted by atomic mass is 127. The first-order valence-electron chi connectivity index (χ1n) is 4.13. The number of anilines is 1. The van der Waals surface area contributed by atoms with Crippen LogP contribution >= 0.6 is 22.6 Å². The van der Waals surface area contributed by atoms with Crippen LogP contribution in [0, 0.1) is 15.9 Å². The zero-order valence-corrected chi connectivity index (χ0v) is 9.98. The number of carbonyl (C=O) groups excluding carboxylic acids is 1. The molecule has 1 aromatic carbocycles. The molecule has 0 aromatic heterocycles. The zero-order valence-electron chi connectivity index (χ0n) is 7.83. The first kappa shape index (κ1) is 11.1. The summed E-state index contributed by atoms with van der Waals surface area (Å²) in [6.07, 6.45) is 5.21. The highest BCUT2D eigenvalue weighted by Gasteiger charge is 2.11. The molecule has 0 N–H and O–H groups in total. The Morgan fingerprint density at radius 3 is 2.71 bits per heavy atom. The van der Waals surface area contributed by atoms with E-state index in [0.717, 1.165) is 9.26 Å². The highest BCUT2D eigenvalue weighted by Crippen LogP contribution is 2.21. The second-order valence-electron chi connectivity index (χ2n) is 2.76. The average molecular weight is 299 g/mol. The molecule has 0 fully saturated rings. The molecule has 2 nitrogen and oxygen atoms in total. The molecule has 3 heteroatoms. The Hall–Kier alpha value is -1.02. The van der Waals surface area contributed by atoms with E-state index >= 15 is 0 Å². The van der Waals surface area contributed by atoms with Crippen molar-refractivity contribution < 1.29 is 4.79 Å². The van der Waals surface area contributed by atoms with Gasteiger partial charge in [-0.25, -0.2) is 0 Å². The topological polar surface area (TPSA) is 20.3 Å². The molecule has 0 aliphatic carbocycles.